The monoisotopic (exact) mass is 488 g/mol. The molecule has 0 bridgehead atoms. The van der Waals surface area contributed by atoms with Crippen LogP contribution in [0.4, 0.5) is 24.5 Å². The minimum Gasteiger partial charge on any atom is -0.375 e. The van der Waals surface area contributed by atoms with Crippen LogP contribution in [-0.4, -0.2) is 48.6 Å². The second-order valence-corrected chi connectivity index (χ2v) is 9.91. The third-order valence-electron chi connectivity index (χ3n) is 4.54. The molecule has 0 fully saturated rings. The molecule has 0 saturated carbocycles. The summed E-state index contributed by atoms with van der Waals surface area (Å²) in [6.45, 7) is -1.03. The first-order valence-electron chi connectivity index (χ1n) is 9.45. The molecule has 0 atom stereocenters. The largest absolute Gasteiger partial charge is 0.405 e. The average molecular weight is 489 g/mol. The highest BCUT2D eigenvalue weighted by Gasteiger charge is 2.27. The standard InChI is InChI=1S/C20H20ClF3N4O3S/c1-32(30,31)8-2-7-28-17-4-3-14(21)9-13(17)10-18(28)19(29)27-16-11-25-6-5-15(16)26-12-20(22,23)24/h3-6,9-11H,2,7-8,12H2,1H3,(H,25,26)(H,27,29). The first-order chi connectivity index (χ1) is 14.9. The first kappa shape index (κ1) is 23.9. The van der Waals surface area contributed by atoms with Gasteiger partial charge < -0.3 is 15.2 Å². The van der Waals surface area contributed by atoms with Gasteiger partial charge in [-0.15, -0.1) is 0 Å². The zero-order valence-corrected chi connectivity index (χ0v) is 18.5. The van der Waals surface area contributed by atoms with Crippen LogP contribution in [0.25, 0.3) is 10.9 Å². The summed E-state index contributed by atoms with van der Waals surface area (Å²) in [5, 5.41) is 5.95. The number of carbonyl (C=O) groups is 1. The third kappa shape index (κ3) is 6.36. The molecule has 0 spiro atoms. The van der Waals surface area contributed by atoms with Gasteiger partial charge in [0.1, 0.15) is 22.1 Å². The van der Waals surface area contributed by atoms with E-state index in [0.29, 0.717) is 15.9 Å². The molecule has 0 unspecified atom stereocenters. The molecule has 172 valence electrons. The molecule has 0 radical (unpaired) electrons. The number of carbonyl (C=O) groups excluding carboxylic acids is 1. The lowest BCUT2D eigenvalue weighted by atomic mass is 10.2. The molecule has 32 heavy (non-hydrogen) atoms. The van der Waals surface area contributed by atoms with Crippen LogP contribution < -0.4 is 10.6 Å². The van der Waals surface area contributed by atoms with E-state index in [1.165, 1.54) is 18.5 Å². The molecule has 2 aromatic heterocycles. The molecule has 0 saturated heterocycles. The van der Waals surface area contributed by atoms with Crippen molar-refractivity contribution in [3.05, 3.63) is 53.4 Å². The van der Waals surface area contributed by atoms with Crippen molar-refractivity contribution in [3.8, 4) is 0 Å². The Morgan fingerprint density at radius 1 is 1.19 bits per heavy atom. The Kier molecular flexibility index (Phi) is 6.99. The number of nitrogens with zero attached hydrogens (tertiary/aromatic N) is 2. The fourth-order valence-corrected chi connectivity index (χ4v) is 4.02. The maximum Gasteiger partial charge on any atom is 0.405 e. The number of pyridine rings is 1. The van der Waals surface area contributed by atoms with E-state index in [4.69, 9.17) is 11.6 Å². The summed E-state index contributed by atoms with van der Waals surface area (Å²) >= 11 is 6.05. The quantitative estimate of drug-likeness (QED) is 0.491. The van der Waals surface area contributed by atoms with Gasteiger partial charge in [-0.3, -0.25) is 9.78 Å². The summed E-state index contributed by atoms with van der Waals surface area (Å²) in [5.41, 5.74) is 1.03. The van der Waals surface area contributed by atoms with E-state index in [1.54, 1.807) is 28.8 Å². The summed E-state index contributed by atoms with van der Waals surface area (Å²) in [6.07, 6.45) is -0.485. The van der Waals surface area contributed by atoms with Crippen molar-refractivity contribution in [1.29, 1.82) is 0 Å². The van der Waals surface area contributed by atoms with Gasteiger partial charge in [-0.05, 0) is 36.8 Å². The maximum atomic E-state index is 13.0. The number of nitrogens with one attached hydrogen (secondary N) is 2. The number of anilines is 2. The summed E-state index contributed by atoms with van der Waals surface area (Å²) in [6, 6.07) is 7.95. The van der Waals surface area contributed by atoms with Crippen molar-refractivity contribution in [2.24, 2.45) is 0 Å². The minimum atomic E-state index is -4.43. The normalized spacial score (nSPS) is 12.2. The summed E-state index contributed by atoms with van der Waals surface area (Å²) < 4.78 is 62.4. The highest BCUT2D eigenvalue weighted by molar-refractivity contribution is 7.90. The maximum absolute atomic E-state index is 13.0. The predicted octanol–water partition coefficient (Wildman–Crippen LogP) is 4.35. The molecule has 1 aromatic carbocycles. The van der Waals surface area contributed by atoms with E-state index in [-0.39, 0.29) is 35.8 Å². The van der Waals surface area contributed by atoms with Crippen LogP contribution in [-0.2, 0) is 16.4 Å². The van der Waals surface area contributed by atoms with Crippen molar-refractivity contribution in [2.75, 3.05) is 29.2 Å². The Balaban J connectivity index is 1.90. The molecule has 0 aliphatic rings. The molecule has 0 aliphatic carbocycles. The molecule has 2 N–H and O–H groups in total. The number of hydrogen-bond donors (Lipinski definition) is 2. The van der Waals surface area contributed by atoms with Gasteiger partial charge in [0.05, 0.1) is 23.3 Å². The zero-order valence-electron chi connectivity index (χ0n) is 16.9. The number of benzene rings is 1. The Hall–Kier alpha value is -2.79. The summed E-state index contributed by atoms with van der Waals surface area (Å²) in [7, 11) is -3.19. The topological polar surface area (TPSA) is 93.1 Å². The summed E-state index contributed by atoms with van der Waals surface area (Å²) in [5.74, 6) is -0.644. The Morgan fingerprint density at radius 2 is 1.94 bits per heavy atom. The number of fused-ring (bicyclic) bond motifs is 1. The number of hydrogen-bond acceptors (Lipinski definition) is 5. The lowest BCUT2D eigenvalue weighted by Crippen LogP contribution is -2.23. The predicted molar refractivity (Wildman–Crippen MR) is 118 cm³/mol. The van der Waals surface area contributed by atoms with Crippen molar-refractivity contribution in [1.82, 2.24) is 9.55 Å². The zero-order chi connectivity index (χ0) is 23.5. The van der Waals surface area contributed by atoms with Crippen molar-refractivity contribution in [3.63, 3.8) is 0 Å². The Labute approximate surface area is 187 Å². The molecular formula is C20H20ClF3N4O3S. The fraction of sp³-hybridized carbons (Fsp3) is 0.300. The van der Waals surface area contributed by atoms with Gasteiger partial charge in [-0.1, -0.05) is 11.6 Å². The van der Waals surface area contributed by atoms with E-state index < -0.39 is 28.5 Å². The fourth-order valence-electron chi connectivity index (χ4n) is 3.19. The highest BCUT2D eigenvalue weighted by atomic mass is 35.5. The lowest BCUT2D eigenvalue weighted by molar-refractivity contribution is -0.115. The molecule has 3 rings (SSSR count). The molecule has 1 amide bonds. The molecular weight excluding hydrogens is 469 g/mol. The van der Waals surface area contributed by atoms with E-state index in [2.05, 4.69) is 15.6 Å². The SMILES string of the molecule is CS(=O)(=O)CCCn1c(C(=O)Nc2cnccc2NCC(F)(F)F)cc2cc(Cl)ccc21. The van der Waals surface area contributed by atoms with Crippen LogP contribution in [0, 0.1) is 0 Å². The number of halogens is 4. The van der Waals surface area contributed by atoms with Gasteiger partial charge in [0, 0.05) is 34.9 Å². The van der Waals surface area contributed by atoms with Gasteiger partial charge in [-0.25, -0.2) is 8.42 Å². The smallest absolute Gasteiger partial charge is 0.375 e. The number of sulfone groups is 1. The van der Waals surface area contributed by atoms with E-state index >= 15 is 0 Å². The van der Waals surface area contributed by atoms with Crippen LogP contribution in [0.2, 0.25) is 5.02 Å². The molecule has 7 nitrogen and oxygen atoms in total. The van der Waals surface area contributed by atoms with Crippen molar-refractivity contribution < 1.29 is 26.4 Å². The second-order valence-electron chi connectivity index (χ2n) is 7.21. The Morgan fingerprint density at radius 3 is 2.62 bits per heavy atom. The van der Waals surface area contributed by atoms with Crippen molar-refractivity contribution >= 4 is 49.6 Å². The number of alkyl halides is 3. The molecule has 0 aliphatic heterocycles. The van der Waals surface area contributed by atoms with Gasteiger partial charge in [0.25, 0.3) is 5.91 Å². The molecule has 3 aromatic rings. The number of aromatic nitrogens is 2. The summed E-state index contributed by atoms with van der Waals surface area (Å²) in [4.78, 5) is 16.9. The van der Waals surface area contributed by atoms with Gasteiger partial charge in [0.15, 0.2) is 0 Å². The van der Waals surface area contributed by atoms with Gasteiger partial charge >= 0.3 is 6.18 Å². The minimum absolute atomic E-state index is 0.0601. The first-order valence-corrected chi connectivity index (χ1v) is 11.9. The van der Waals surface area contributed by atoms with Crippen LogP contribution >= 0.6 is 11.6 Å². The molecule has 12 heteroatoms. The number of rotatable bonds is 8. The lowest BCUT2D eigenvalue weighted by Gasteiger charge is -2.15. The van der Waals surface area contributed by atoms with Crippen LogP contribution in [0.3, 0.4) is 0 Å². The van der Waals surface area contributed by atoms with E-state index in [1.807, 2.05) is 0 Å². The van der Waals surface area contributed by atoms with Crippen LogP contribution in [0.5, 0.6) is 0 Å². The average Bonchev–Trinajstić information content (AvgIpc) is 3.03. The number of amides is 1. The van der Waals surface area contributed by atoms with Crippen LogP contribution in [0.15, 0.2) is 42.7 Å². The number of aryl methyl sites for hydroxylation is 1. The van der Waals surface area contributed by atoms with Gasteiger partial charge in [0.2, 0.25) is 0 Å². The second kappa shape index (κ2) is 9.37. The highest BCUT2D eigenvalue weighted by Crippen LogP contribution is 2.27. The third-order valence-corrected chi connectivity index (χ3v) is 5.81. The van der Waals surface area contributed by atoms with Crippen LogP contribution in [0.1, 0.15) is 16.9 Å². The van der Waals surface area contributed by atoms with E-state index in [0.717, 1.165) is 6.26 Å². The van der Waals surface area contributed by atoms with Crippen molar-refractivity contribution in [2.45, 2.75) is 19.1 Å². The molecule has 2 heterocycles. The Bertz CT molecular complexity index is 1240. The van der Waals surface area contributed by atoms with E-state index in [9.17, 15) is 26.4 Å². The van der Waals surface area contributed by atoms with Gasteiger partial charge in [-0.2, -0.15) is 13.2 Å².